The summed E-state index contributed by atoms with van der Waals surface area (Å²) in [7, 11) is 0. The smallest absolute Gasteiger partial charge is 0.314 e. The van der Waals surface area contributed by atoms with Gasteiger partial charge in [0.25, 0.3) is 0 Å². The minimum atomic E-state index is -0.861. The van der Waals surface area contributed by atoms with E-state index in [2.05, 4.69) is 24.5 Å². The quantitative estimate of drug-likeness (QED) is 0.642. The molecule has 1 unspecified atom stereocenters. The number of nitrogens with one attached hydrogen (secondary N) is 2. The number of carboxylic acid groups (broad SMARTS) is 1. The summed E-state index contributed by atoms with van der Waals surface area (Å²) in [5, 5.41) is 14.6. The molecule has 1 atom stereocenters. The molecule has 5 heteroatoms. The number of carbonyl (C=O) groups excluding carboxylic acids is 1. The summed E-state index contributed by atoms with van der Waals surface area (Å²) in [6, 6.07) is -0.281. The van der Waals surface area contributed by atoms with Gasteiger partial charge in [0, 0.05) is 13.1 Å². The zero-order valence-electron chi connectivity index (χ0n) is 13.5. The Morgan fingerprint density at radius 3 is 1.95 bits per heavy atom. The van der Waals surface area contributed by atoms with Crippen LogP contribution in [-0.4, -0.2) is 30.2 Å². The second kappa shape index (κ2) is 8.82. The van der Waals surface area contributed by atoms with Gasteiger partial charge in [-0.05, 0) is 17.8 Å². The Labute approximate surface area is 122 Å². The molecule has 0 bridgehead atoms. The third-order valence-electron chi connectivity index (χ3n) is 3.42. The first kappa shape index (κ1) is 18.7. The Bertz CT molecular complexity index is 307. The standard InChI is InChI=1S/C15H30N2O3/c1-6-11(7-2)9-16-14(20)17-10-12(13(18)19)8-15(3,4)5/h11-12H,6-10H2,1-5H3,(H,18,19)(H2,16,17,20). The summed E-state index contributed by atoms with van der Waals surface area (Å²) in [5.41, 5.74) is -0.0727. The van der Waals surface area contributed by atoms with E-state index < -0.39 is 11.9 Å². The van der Waals surface area contributed by atoms with Crippen LogP contribution in [0.15, 0.2) is 0 Å². The molecule has 0 radical (unpaired) electrons. The van der Waals surface area contributed by atoms with Crippen LogP contribution in [0.3, 0.4) is 0 Å². The summed E-state index contributed by atoms with van der Waals surface area (Å²) in [6.07, 6.45) is 2.59. The first-order valence-corrected chi connectivity index (χ1v) is 7.44. The monoisotopic (exact) mass is 286 g/mol. The van der Waals surface area contributed by atoms with Crippen LogP contribution in [0, 0.1) is 17.3 Å². The summed E-state index contributed by atoms with van der Waals surface area (Å²) in [5.74, 6) is -0.931. The topological polar surface area (TPSA) is 78.4 Å². The van der Waals surface area contributed by atoms with Crippen molar-refractivity contribution in [2.45, 2.75) is 53.9 Å². The molecular weight excluding hydrogens is 256 g/mol. The molecule has 0 aromatic heterocycles. The van der Waals surface area contributed by atoms with Crippen LogP contribution < -0.4 is 10.6 Å². The summed E-state index contributed by atoms with van der Waals surface area (Å²) in [6.45, 7) is 11.0. The largest absolute Gasteiger partial charge is 0.481 e. The fourth-order valence-corrected chi connectivity index (χ4v) is 2.08. The predicted octanol–water partition coefficient (Wildman–Crippen LogP) is 2.86. The first-order chi connectivity index (χ1) is 9.19. The molecule has 0 aromatic rings. The zero-order valence-corrected chi connectivity index (χ0v) is 13.5. The Hall–Kier alpha value is -1.26. The molecule has 118 valence electrons. The molecule has 0 fully saturated rings. The Morgan fingerprint density at radius 1 is 1.05 bits per heavy atom. The van der Waals surface area contributed by atoms with Gasteiger partial charge in [-0.1, -0.05) is 47.5 Å². The number of aliphatic carboxylic acids is 1. The van der Waals surface area contributed by atoms with Gasteiger partial charge in [-0.3, -0.25) is 4.79 Å². The van der Waals surface area contributed by atoms with Crippen molar-refractivity contribution in [3.05, 3.63) is 0 Å². The number of amides is 2. The highest BCUT2D eigenvalue weighted by Gasteiger charge is 2.24. The highest BCUT2D eigenvalue weighted by molar-refractivity contribution is 5.75. The Kier molecular flexibility index (Phi) is 8.26. The summed E-state index contributed by atoms with van der Waals surface area (Å²) in [4.78, 5) is 22.8. The van der Waals surface area contributed by atoms with Gasteiger partial charge in [-0.25, -0.2) is 4.79 Å². The number of urea groups is 1. The van der Waals surface area contributed by atoms with Crippen LogP contribution in [0.25, 0.3) is 0 Å². The number of rotatable bonds is 8. The van der Waals surface area contributed by atoms with Crippen molar-refractivity contribution in [1.29, 1.82) is 0 Å². The number of carboxylic acids is 1. The van der Waals surface area contributed by atoms with Gasteiger partial charge in [-0.15, -0.1) is 0 Å². The molecule has 0 rings (SSSR count). The predicted molar refractivity (Wildman–Crippen MR) is 80.7 cm³/mol. The van der Waals surface area contributed by atoms with E-state index in [0.717, 1.165) is 12.8 Å². The molecule has 0 aliphatic heterocycles. The van der Waals surface area contributed by atoms with E-state index >= 15 is 0 Å². The molecule has 0 saturated carbocycles. The highest BCUT2D eigenvalue weighted by Crippen LogP contribution is 2.24. The third kappa shape index (κ3) is 8.77. The zero-order chi connectivity index (χ0) is 15.8. The van der Waals surface area contributed by atoms with Crippen molar-refractivity contribution in [1.82, 2.24) is 10.6 Å². The molecule has 0 saturated heterocycles. The van der Waals surface area contributed by atoms with Crippen molar-refractivity contribution in [2.24, 2.45) is 17.3 Å². The van der Waals surface area contributed by atoms with Crippen molar-refractivity contribution < 1.29 is 14.7 Å². The number of hydrogen-bond acceptors (Lipinski definition) is 2. The maximum Gasteiger partial charge on any atom is 0.314 e. The van der Waals surface area contributed by atoms with Crippen molar-refractivity contribution >= 4 is 12.0 Å². The van der Waals surface area contributed by atoms with Crippen molar-refractivity contribution in [2.75, 3.05) is 13.1 Å². The second-order valence-corrected chi connectivity index (χ2v) is 6.57. The molecule has 0 aliphatic rings. The minimum Gasteiger partial charge on any atom is -0.481 e. The minimum absolute atomic E-state index is 0.0727. The van der Waals surface area contributed by atoms with Crippen LogP contribution in [0.1, 0.15) is 53.9 Å². The Morgan fingerprint density at radius 2 is 1.55 bits per heavy atom. The fraction of sp³-hybridized carbons (Fsp3) is 0.867. The van der Waals surface area contributed by atoms with Gasteiger partial charge >= 0.3 is 12.0 Å². The SMILES string of the molecule is CCC(CC)CNC(=O)NCC(CC(C)(C)C)C(=O)O. The number of hydrogen-bond donors (Lipinski definition) is 3. The maximum absolute atomic E-state index is 11.7. The Balaban J connectivity index is 4.15. The third-order valence-corrected chi connectivity index (χ3v) is 3.42. The summed E-state index contributed by atoms with van der Waals surface area (Å²) < 4.78 is 0. The normalized spacial score (nSPS) is 13.1. The average molecular weight is 286 g/mol. The van der Waals surface area contributed by atoms with Gasteiger partial charge in [0.05, 0.1) is 5.92 Å². The molecule has 0 heterocycles. The van der Waals surface area contributed by atoms with Gasteiger partial charge in [0.1, 0.15) is 0 Å². The van der Waals surface area contributed by atoms with Crippen LogP contribution in [0.2, 0.25) is 0 Å². The molecule has 3 N–H and O–H groups in total. The first-order valence-electron chi connectivity index (χ1n) is 7.44. The number of carbonyl (C=O) groups is 2. The van der Waals surface area contributed by atoms with Crippen LogP contribution in [0.4, 0.5) is 4.79 Å². The van der Waals surface area contributed by atoms with E-state index in [1.54, 1.807) is 0 Å². The molecule has 0 spiro atoms. The van der Waals surface area contributed by atoms with E-state index in [1.165, 1.54) is 0 Å². The van der Waals surface area contributed by atoms with Gasteiger partial charge in [0.15, 0.2) is 0 Å². The lowest BCUT2D eigenvalue weighted by molar-refractivity contribution is -0.142. The van der Waals surface area contributed by atoms with E-state index in [1.807, 2.05) is 20.8 Å². The van der Waals surface area contributed by atoms with Crippen LogP contribution in [0.5, 0.6) is 0 Å². The lowest BCUT2D eigenvalue weighted by Gasteiger charge is -2.23. The van der Waals surface area contributed by atoms with Gasteiger partial charge < -0.3 is 15.7 Å². The average Bonchev–Trinajstić information content (AvgIpc) is 2.34. The second-order valence-electron chi connectivity index (χ2n) is 6.57. The van der Waals surface area contributed by atoms with Gasteiger partial charge in [0.2, 0.25) is 0 Å². The fourth-order valence-electron chi connectivity index (χ4n) is 2.08. The van der Waals surface area contributed by atoms with Crippen molar-refractivity contribution in [3.63, 3.8) is 0 Å². The van der Waals surface area contributed by atoms with E-state index in [-0.39, 0.29) is 18.0 Å². The lowest BCUT2D eigenvalue weighted by Crippen LogP contribution is -2.42. The van der Waals surface area contributed by atoms with Crippen LogP contribution in [-0.2, 0) is 4.79 Å². The molecular formula is C15H30N2O3. The van der Waals surface area contributed by atoms with Gasteiger partial charge in [-0.2, -0.15) is 0 Å². The molecule has 0 aromatic carbocycles. The highest BCUT2D eigenvalue weighted by atomic mass is 16.4. The maximum atomic E-state index is 11.7. The van der Waals surface area contributed by atoms with E-state index in [0.29, 0.717) is 18.9 Å². The molecule has 5 nitrogen and oxygen atoms in total. The lowest BCUT2D eigenvalue weighted by atomic mass is 9.84. The molecule has 0 aliphatic carbocycles. The van der Waals surface area contributed by atoms with E-state index in [9.17, 15) is 14.7 Å². The van der Waals surface area contributed by atoms with Crippen molar-refractivity contribution in [3.8, 4) is 0 Å². The van der Waals surface area contributed by atoms with Crippen LogP contribution >= 0.6 is 0 Å². The molecule has 20 heavy (non-hydrogen) atoms. The summed E-state index contributed by atoms with van der Waals surface area (Å²) >= 11 is 0. The van der Waals surface area contributed by atoms with E-state index in [4.69, 9.17) is 0 Å². The molecule has 2 amide bonds.